The third kappa shape index (κ3) is 2.81. The van der Waals surface area contributed by atoms with Gasteiger partial charge in [0.05, 0.1) is 0 Å². The van der Waals surface area contributed by atoms with Crippen molar-refractivity contribution < 1.29 is 4.79 Å². The molecule has 3 rings (SSSR count). The topological polar surface area (TPSA) is 55.1 Å². The largest absolute Gasteiger partial charge is 0.356 e. The van der Waals surface area contributed by atoms with Crippen LogP contribution in [0, 0.1) is 11.8 Å². The molecule has 3 nitrogen and oxygen atoms in total. The van der Waals surface area contributed by atoms with Crippen LogP contribution in [0.25, 0.3) is 0 Å². The lowest BCUT2D eigenvalue weighted by molar-refractivity contribution is -0.122. The first-order valence-electron chi connectivity index (χ1n) is 7.34. The summed E-state index contributed by atoms with van der Waals surface area (Å²) in [4.78, 5) is 12.1. The number of rotatable bonds is 4. The summed E-state index contributed by atoms with van der Waals surface area (Å²) in [6.45, 7) is 0.762. The molecular weight excluding hydrogens is 236 g/mol. The zero-order valence-corrected chi connectivity index (χ0v) is 11.2. The van der Waals surface area contributed by atoms with Gasteiger partial charge in [0.1, 0.15) is 0 Å². The molecule has 0 radical (unpaired) electrons. The first-order valence-corrected chi connectivity index (χ1v) is 7.34. The van der Waals surface area contributed by atoms with Gasteiger partial charge in [0.2, 0.25) is 5.91 Å². The van der Waals surface area contributed by atoms with E-state index in [9.17, 15) is 4.79 Å². The summed E-state index contributed by atoms with van der Waals surface area (Å²) >= 11 is 0. The summed E-state index contributed by atoms with van der Waals surface area (Å²) in [5, 5.41) is 3.10. The van der Waals surface area contributed by atoms with Crippen LogP contribution < -0.4 is 11.1 Å². The molecule has 2 aliphatic rings. The number of carbonyl (C=O) groups is 1. The van der Waals surface area contributed by atoms with Gasteiger partial charge in [-0.05, 0) is 36.7 Å². The fourth-order valence-corrected chi connectivity index (χ4v) is 3.24. The minimum Gasteiger partial charge on any atom is -0.356 e. The van der Waals surface area contributed by atoms with Gasteiger partial charge < -0.3 is 11.1 Å². The van der Waals surface area contributed by atoms with Gasteiger partial charge in [0, 0.05) is 18.5 Å². The Kier molecular flexibility index (Phi) is 3.56. The van der Waals surface area contributed by atoms with E-state index < -0.39 is 0 Å². The van der Waals surface area contributed by atoms with Crippen molar-refractivity contribution in [3.8, 4) is 0 Å². The number of nitrogens with one attached hydrogen (secondary N) is 1. The Morgan fingerprint density at radius 2 is 2.05 bits per heavy atom. The number of benzene rings is 1. The Morgan fingerprint density at radius 1 is 1.26 bits per heavy atom. The van der Waals surface area contributed by atoms with Gasteiger partial charge in [-0.3, -0.25) is 4.79 Å². The lowest BCUT2D eigenvalue weighted by Gasteiger charge is -2.15. The van der Waals surface area contributed by atoms with E-state index in [-0.39, 0.29) is 17.9 Å². The molecule has 4 atom stereocenters. The average molecular weight is 258 g/mol. The summed E-state index contributed by atoms with van der Waals surface area (Å²) in [6.07, 6.45) is 4.47. The second-order valence-electron chi connectivity index (χ2n) is 5.96. The van der Waals surface area contributed by atoms with Crippen LogP contribution in [0.5, 0.6) is 0 Å². The normalized spacial score (nSPS) is 33.1. The predicted molar refractivity (Wildman–Crippen MR) is 75.6 cm³/mol. The molecule has 1 aromatic rings. The van der Waals surface area contributed by atoms with Crippen LogP contribution in [0.2, 0.25) is 0 Å². The zero-order valence-electron chi connectivity index (χ0n) is 11.2. The maximum Gasteiger partial charge on any atom is 0.223 e. The molecule has 0 spiro atoms. The second-order valence-corrected chi connectivity index (χ2v) is 5.96. The Labute approximate surface area is 114 Å². The molecule has 3 heteroatoms. The third-order valence-electron chi connectivity index (χ3n) is 4.61. The number of hydrogen-bond donors (Lipinski definition) is 2. The van der Waals surface area contributed by atoms with Crippen LogP contribution in [-0.4, -0.2) is 18.5 Å². The van der Waals surface area contributed by atoms with Crippen molar-refractivity contribution in [1.29, 1.82) is 0 Å². The monoisotopic (exact) mass is 258 g/mol. The molecule has 19 heavy (non-hydrogen) atoms. The van der Waals surface area contributed by atoms with E-state index in [1.165, 1.54) is 12.0 Å². The quantitative estimate of drug-likeness (QED) is 0.868. The number of amides is 1. The molecule has 2 saturated carbocycles. The Morgan fingerprint density at radius 3 is 2.74 bits per heavy atom. The van der Waals surface area contributed by atoms with E-state index in [2.05, 4.69) is 17.4 Å². The molecule has 1 aromatic carbocycles. The predicted octanol–water partition coefficient (Wildman–Crippen LogP) is 2.03. The highest BCUT2D eigenvalue weighted by Crippen LogP contribution is 2.47. The first kappa shape index (κ1) is 12.7. The van der Waals surface area contributed by atoms with Gasteiger partial charge in [0.25, 0.3) is 0 Å². The van der Waals surface area contributed by atoms with Crippen molar-refractivity contribution in [3.05, 3.63) is 35.9 Å². The van der Waals surface area contributed by atoms with Crippen molar-refractivity contribution in [2.75, 3.05) is 6.54 Å². The molecule has 0 aliphatic heterocycles. The molecule has 0 heterocycles. The lowest BCUT2D eigenvalue weighted by atomic mass is 10.0. The van der Waals surface area contributed by atoms with Crippen LogP contribution >= 0.6 is 0 Å². The number of carbonyl (C=O) groups excluding carboxylic acids is 1. The minimum absolute atomic E-state index is 0.181. The summed E-state index contributed by atoms with van der Waals surface area (Å²) in [7, 11) is 0. The SMILES string of the molecule is NC1CCCC1CNC(=O)C1CC1c1ccccc1. The van der Waals surface area contributed by atoms with E-state index in [4.69, 9.17) is 5.73 Å². The number of nitrogens with two attached hydrogens (primary N) is 1. The van der Waals surface area contributed by atoms with Gasteiger partial charge in [-0.1, -0.05) is 36.8 Å². The van der Waals surface area contributed by atoms with Crippen molar-refractivity contribution in [3.63, 3.8) is 0 Å². The summed E-state index contributed by atoms with van der Waals surface area (Å²) < 4.78 is 0. The highest BCUT2D eigenvalue weighted by Gasteiger charge is 2.43. The van der Waals surface area contributed by atoms with Gasteiger partial charge in [-0.25, -0.2) is 0 Å². The molecule has 0 saturated heterocycles. The van der Waals surface area contributed by atoms with Crippen LogP contribution in [0.1, 0.15) is 37.2 Å². The first-order chi connectivity index (χ1) is 9.25. The van der Waals surface area contributed by atoms with Crippen molar-refractivity contribution in [2.45, 2.75) is 37.6 Å². The van der Waals surface area contributed by atoms with Crippen molar-refractivity contribution >= 4 is 5.91 Å². The molecule has 0 aromatic heterocycles. The van der Waals surface area contributed by atoms with Crippen LogP contribution in [0.3, 0.4) is 0 Å². The Balaban J connectivity index is 1.48. The maximum absolute atomic E-state index is 12.1. The van der Waals surface area contributed by atoms with Gasteiger partial charge in [0.15, 0.2) is 0 Å². The minimum atomic E-state index is 0.181. The van der Waals surface area contributed by atoms with E-state index >= 15 is 0 Å². The van der Waals surface area contributed by atoms with Gasteiger partial charge >= 0.3 is 0 Å². The zero-order chi connectivity index (χ0) is 13.2. The molecule has 3 N–H and O–H groups in total. The van der Waals surface area contributed by atoms with Crippen molar-refractivity contribution in [1.82, 2.24) is 5.32 Å². The highest BCUT2D eigenvalue weighted by molar-refractivity contribution is 5.82. The standard InChI is InChI=1S/C16H22N2O/c17-15-8-4-7-12(15)10-18-16(19)14-9-13(14)11-5-2-1-3-6-11/h1-3,5-6,12-15H,4,7-10,17H2,(H,18,19). The second kappa shape index (κ2) is 5.33. The third-order valence-corrected chi connectivity index (χ3v) is 4.61. The molecule has 102 valence electrons. The smallest absolute Gasteiger partial charge is 0.223 e. The summed E-state index contributed by atoms with van der Waals surface area (Å²) in [5.41, 5.74) is 7.32. The molecule has 0 bridgehead atoms. The molecule has 2 fully saturated rings. The fourth-order valence-electron chi connectivity index (χ4n) is 3.24. The lowest BCUT2D eigenvalue weighted by Crippen LogP contribution is -2.36. The highest BCUT2D eigenvalue weighted by atomic mass is 16.2. The van der Waals surface area contributed by atoms with Gasteiger partial charge in [-0.15, -0.1) is 0 Å². The van der Waals surface area contributed by atoms with Crippen molar-refractivity contribution in [2.24, 2.45) is 17.6 Å². The summed E-state index contributed by atoms with van der Waals surface area (Å²) in [6, 6.07) is 10.6. The van der Waals surface area contributed by atoms with E-state index in [1.807, 2.05) is 18.2 Å². The maximum atomic E-state index is 12.1. The van der Waals surface area contributed by atoms with Crippen LogP contribution in [0.4, 0.5) is 0 Å². The number of hydrogen-bond acceptors (Lipinski definition) is 2. The van der Waals surface area contributed by atoms with Crippen LogP contribution in [-0.2, 0) is 4.79 Å². The van der Waals surface area contributed by atoms with E-state index in [1.54, 1.807) is 0 Å². The van der Waals surface area contributed by atoms with Crippen LogP contribution in [0.15, 0.2) is 30.3 Å². The average Bonchev–Trinajstić information content (AvgIpc) is 3.14. The van der Waals surface area contributed by atoms with E-state index in [0.29, 0.717) is 11.8 Å². The molecule has 1 amide bonds. The molecular formula is C16H22N2O. The summed E-state index contributed by atoms with van der Waals surface area (Å²) in [5.74, 6) is 1.31. The van der Waals surface area contributed by atoms with E-state index in [0.717, 1.165) is 25.8 Å². The Bertz CT molecular complexity index is 445. The molecule has 4 unspecified atom stereocenters. The Hall–Kier alpha value is -1.35. The van der Waals surface area contributed by atoms with Gasteiger partial charge in [-0.2, -0.15) is 0 Å². The molecule has 2 aliphatic carbocycles. The fraction of sp³-hybridized carbons (Fsp3) is 0.562.